The molecule has 2 N–H and O–H groups in total. The van der Waals surface area contributed by atoms with Crippen LogP contribution in [0.3, 0.4) is 0 Å². The van der Waals surface area contributed by atoms with Gasteiger partial charge in [0.2, 0.25) is 0 Å². The van der Waals surface area contributed by atoms with Gasteiger partial charge in [-0.1, -0.05) is 0 Å². The minimum atomic E-state index is -0.802. The van der Waals surface area contributed by atoms with Crippen LogP contribution in [-0.4, -0.2) is 50.4 Å². The number of H-pyrrole nitrogens is 1. The van der Waals surface area contributed by atoms with Crippen molar-refractivity contribution in [2.45, 2.75) is 19.8 Å². The second kappa shape index (κ2) is 4.32. The molecule has 2 heterocycles. The van der Waals surface area contributed by atoms with Gasteiger partial charge in [-0.3, -0.25) is 9.59 Å². The summed E-state index contributed by atoms with van der Waals surface area (Å²) in [6.45, 7) is 2.51. The summed E-state index contributed by atoms with van der Waals surface area (Å²) in [5.41, 5.74) is 0.840. The molecule has 1 aromatic heterocycles. The Labute approximate surface area is 110 Å². The average Bonchev–Trinajstić information content (AvgIpc) is 2.97. The standard InChI is InChI=1S/C12H16N4O3/c1-6-10(14-15-13-6)11(17)16-4-8(7-2-3-7)9(5-16)12(18)19/h7-9H,2-5H2,1H3,(H,18,19)(H,13,14,15)/t8-,9+/m0/s1. The lowest BCUT2D eigenvalue weighted by Crippen LogP contribution is -2.30. The molecule has 0 radical (unpaired) electrons. The fourth-order valence-electron chi connectivity index (χ4n) is 2.89. The largest absolute Gasteiger partial charge is 0.481 e. The molecular weight excluding hydrogens is 248 g/mol. The number of aryl methyl sites for hydroxylation is 1. The highest BCUT2D eigenvalue weighted by molar-refractivity contribution is 5.93. The minimum Gasteiger partial charge on any atom is -0.481 e. The number of carbonyl (C=O) groups is 2. The van der Waals surface area contributed by atoms with Crippen molar-refractivity contribution in [1.82, 2.24) is 20.3 Å². The number of carbonyl (C=O) groups excluding carboxylic acids is 1. The molecule has 19 heavy (non-hydrogen) atoms. The van der Waals surface area contributed by atoms with Crippen LogP contribution in [-0.2, 0) is 4.79 Å². The first-order valence-corrected chi connectivity index (χ1v) is 6.47. The molecule has 7 nitrogen and oxygen atoms in total. The maximum atomic E-state index is 12.3. The average molecular weight is 264 g/mol. The van der Waals surface area contributed by atoms with Crippen molar-refractivity contribution in [1.29, 1.82) is 0 Å². The Hall–Kier alpha value is -1.92. The molecule has 1 saturated heterocycles. The van der Waals surface area contributed by atoms with Gasteiger partial charge < -0.3 is 10.0 Å². The van der Waals surface area contributed by atoms with Gasteiger partial charge in [0.25, 0.3) is 5.91 Å². The second-order valence-corrected chi connectivity index (χ2v) is 5.41. The number of rotatable bonds is 3. The highest BCUT2D eigenvalue weighted by Crippen LogP contribution is 2.44. The number of aromatic amines is 1. The van der Waals surface area contributed by atoms with Crippen molar-refractivity contribution >= 4 is 11.9 Å². The maximum absolute atomic E-state index is 12.3. The van der Waals surface area contributed by atoms with Crippen LogP contribution in [0.5, 0.6) is 0 Å². The summed E-state index contributed by atoms with van der Waals surface area (Å²) in [4.78, 5) is 25.2. The van der Waals surface area contributed by atoms with Gasteiger partial charge in [-0.15, -0.1) is 0 Å². The molecule has 0 spiro atoms. The number of hydrogen-bond donors (Lipinski definition) is 2. The monoisotopic (exact) mass is 264 g/mol. The Morgan fingerprint density at radius 3 is 2.58 bits per heavy atom. The summed E-state index contributed by atoms with van der Waals surface area (Å²) in [5.74, 6) is -0.903. The molecule has 1 aliphatic carbocycles. The molecule has 2 fully saturated rings. The minimum absolute atomic E-state index is 0.0913. The summed E-state index contributed by atoms with van der Waals surface area (Å²) in [6, 6.07) is 0. The number of aliphatic carboxylic acids is 1. The molecule has 0 bridgehead atoms. The Morgan fingerprint density at radius 1 is 1.32 bits per heavy atom. The van der Waals surface area contributed by atoms with E-state index in [1.165, 1.54) is 0 Å². The van der Waals surface area contributed by atoms with E-state index < -0.39 is 11.9 Å². The van der Waals surface area contributed by atoms with Crippen LogP contribution >= 0.6 is 0 Å². The van der Waals surface area contributed by atoms with Crippen molar-refractivity contribution in [2.75, 3.05) is 13.1 Å². The molecule has 7 heteroatoms. The molecule has 0 aromatic carbocycles. The van der Waals surface area contributed by atoms with Gasteiger partial charge in [-0.2, -0.15) is 15.4 Å². The van der Waals surface area contributed by atoms with E-state index in [2.05, 4.69) is 15.4 Å². The fourth-order valence-corrected chi connectivity index (χ4v) is 2.89. The number of hydrogen-bond acceptors (Lipinski definition) is 4. The number of aromatic nitrogens is 3. The van der Waals surface area contributed by atoms with Gasteiger partial charge in [0.15, 0.2) is 5.69 Å². The maximum Gasteiger partial charge on any atom is 0.308 e. The number of nitrogens with zero attached hydrogens (tertiary/aromatic N) is 3. The number of carboxylic acids is 1. The first-order chi connectivity index (χ1) is 9.08. The zero-order valence-corrected chi connectivity index (χ0v) is 10.7. The number of amides is 1. The van der Waals surface area contributed by atoms with Crippen molar-refractivity contribution < 1.29 is 14.7 Å². The van der Waals surface area contributed by atoms with Gasteiger partial charge >= 0.3 is 5.97 Å². The first kappa shape index (κ1) is 12.1. The van der Waals surface area contributed by atoms with Crippen molar-refractivity contribution in [3.63, 3.8) is 0 Å². The predicted octanol–water partition coefficient (Wildman–Crippen LogP) is 0.296. The third kappa shape index (κ3) is 2.09. The third-order valence-electron chi connectivity index (χ3n) is 4.12. The highest BCUT2D eigenvalue weighted by Gasteiger charge is 2.47. The molecule has 1 saturated carbocycles. The normalized spacial score (nSPS) is 26.7. The topological polar surface area (TPSA) is 99.2 Å². The van der Waals surface area contributed by atoms with Crippen LogP contribution in [0.2, 0.25) is 0 Å². The van der Waals surface area contributed by atoms with E-state index in [9.17, 15) is 14.7 Å². The van der Waals surface area contributed by atoms with Crippen LogP contribution in [0.15, 0.2) is 0 Å². The van der Waals surface area contributed by atoms with Gasteiger partial charge in [-0.05, 0) is 31.6 Å². The molecule has 2 aliphatic rings. The molecule has 1 amide bonds. The van der Waals surface area contributed by atoms with E-state index in [1.54, 1.807) is 11.8 Å². The molecule has 1 aromatic rings. The van der Waals surface area contributed by atoms with Crippen LogP contribution in [0.4, 0.5) is 0 Å². The number of likely N-dealkylation sites (tertiary alicyclic amines) is 1. The Bertz CT molecular complexity index is 523. The zero-order chi connectivity index (χ0) is 13.6. The summed E-state index contributed by atoms with van der Waals surface area (Å²) >= 11 is 0. The van der Waals surface area contributed by atoms with E-state index in [0.29, 0.717) is 23.9 Å². The Kier molecular flexibility index (Phi) is 2.76. The molecule has 1 aliphatic heterocycles. The summed E-state index contributed by atoms with van der Waals surface area (Å²) in [5, 5.41) is 19.4. The molecule has 102 valence electrons. The van der Waals surface area contributed by atoms with E-state index in [-0.39, 0.29) is 18.4 Å². The van der Waals surface area contributed by atoms with Crippen molar-refractivity contribution in [3.8, 4) is 0 Å². The summed E-state index contributed by atoms with van der Waals surface area (Å²) in [7, 11) is 0. The van der Waals surface area contributed by atoms with Crippen LogP contribution < -0.4 is 0 Å². The molecule has 3 rings (SSSR count). The van der Waals surface area contributed by atoms with Gasteiger partial charge in [0.05, 0.1) is 11.6 Å². The third-order valence-corrected chi connectivity index (χ3v) is 4.12. The van der Waals surface area contributed by atoms with Gasteiger partial charge in [-0.25, -0.2) is 0 Å². The van der Waals surface area contributed by atoms with Crippen LogP contribution in [0, 0.1) is 24.7 Å². The SMILES string of the molecule is Cc1n[nH]nc1C(=O)N1C[C@@H](C(=O)O)[C@H](C2CC2)C1. The lowest BCUT2D eigenvalue weighted by Gasteiger charge is -2.14. The predicted molar refractivity (Wildman–Crippen MR) is 64.4 cm³/mol. The quantitative estimate of drug-likeness (QED) is 0.817. The van der Waals surface area contributed by atoms with Crippen molar-refractivity contribution in [3.05, 3.63) is 11.4 Å². The smallest absolute Gasteiger partial charge is 0.308 e. The Morgan fingerprint density at radius 2 is 2.05 bits per heavy atom. The van der Waals surface area contributed by atoms with Crippen molar-refractivity contribution in [2.24, 2.45) is 17.8 Å². The van der Waals surface area contributed by atoms with E-state index in [0.717, 1.165) is 12.8 Å². The lowest BCUT2D eigenvalue weighted by atomic mass is 9.92. The van der Waals surface area contributed by atoms with Gasteiger partial charge in [0, 0.05) is 13.1 Å². The van der Waals surface area contributed by atoms with Crippen LogP contribution in [0.25, 0.3) is 0 Å². The molecular formula is C12H16N4O3. The number of nitrogens with one attached hydrogen (secondary N) is 1. The fraction of sp³-hybridized carbons (Fsp3) is 0.667. The van der Waals surface area contributed by atoms with Gasteiger partial charge in [0.1, 0.15) is 0 Å². The van der Waals surface area contributed by atoms with E-state index in [1.807, 2.05) is 0 Å². The molecule has 0 unspecified atom stereocenters. The van der Waals surface area contributed by atoms with E-state index >= 15 is 0 Å². The summed E-state index contributed by atoms with van der Waals surface area (Å²) in [6.07, 6.45) is 2.17. The number of carboxylic acid groups (broad SMARTS) is 1. The Balaban J connectivity index is 1.78. The first-order valence-electron chi connectivity index (χ1n) is 6.47. The summed E-state index contributed by atoms with van der Waals surface area (Å²) < 4.78 is 0. The second-order valence-electron chi connectivity index (χ2n) is 5.41. The van der Waals surface area contributed by atoms with E-state index in [4.69, 9.17) is 0 Å². The lowest BCUT2D eigenvalue weighted by molar-refractivity contribution is -0.142. The zero-order valence-electron chi connectivity index (χ0n) is 10.7. The van der Waals surface area contributed by atoms with Crippen LogP contribution in [0.1, 0.15) is 29.0 Å². The molecule has 2 atom stereocenters. The highest BCUT2D eigenvalue weighted by atomic mass is 16.4.